The number of likely N-dealkylation sites (tertiary alicyclic amines) is 1. The number of carbonyl (C=O) groups excluding carboxylic acids is 7. The summed E-state index contributed by atoms with van der Waals surface area (Å²) in [6.07, 6.45) is 5.23. The molecule has 0 spiro atoms. The molecule has 0 bridgehead atoms. The SMILES string of the molecule is CCCCC(NC(=O)CCC(=O)C(=O)C(CCC)CC(=O)[C@@H]1C[C@@H](OCC(=O)O)CN1C(=O)C(CC(=O)Cc1ccc2ccccc2c1)C1CCCCC1)C(N)=O. The average Bonchev–Trinajstić information content (AvgIpc) is 3.64. The smallest absolute Gasteiger partial charge is 0.329 e. The van der Waals surface area contributed by atoms with Crippen LogP contribution in [0.25, 0.3) is 10.8 Å². The minimum Gasteiger partial charge on any atom is -0.480 e. The maximum Gasteiger partial charge on any atom is 0.329 e. The Kier molecular flexibility index (Phi) is 17.5. The molecular weight excluding hydrogens is 730 g/mol. The minimum absolute atomic E-state index is 0.00774. The zero-order chi connectivity index (χ0) is 41.5. The third-order valence-corrected chi connectivity index (χ3v) is 11.4. The topological polar surface area (TPSA) is 207 Å². The number of amides is 3. The number of ketones is 4. The van der Waals surface area contributed by atoms with Crippen molar-refractivity contribution < 1.29 is 48.2 Å². The Morgan fingerprint density at radius 1 is 0.895 bits per heavy atom. The summed E-state index contributed by atoms with van der Waals surface area (Å²) in [6.45, 7) is 3.08. The molecule has 2 aromatic carbocycles. The molecule has 3 amide bonds. The summed E-state index contributed by atoms with van der Waals surface area (Å²) < 4.78 is 5.60. The zero-order valence-corrected chi connectivity index (χ0v) is 33.4. The Labute approximate surface area is 334 Å². The van der Waals surface area contributed by atoms with Crippen LogP contribution in [-0.4, -0.2) is 88.2 Å². The van der Waals surface area contributed by atoms with Crippen molar-refractivity contribution in [3.05, 3.63) is 48.0 Å². The molecule has 13 heteroatoms. The number of nitrogens with two attached hydrogens (primary N) is 1. The van der Waals surface area contributed by atoms with Crippen LogP contribution in [0.4, 0.5) is 0 Å². The van der Waals surface area contributed by atoms with E-state index in [1.165, 1.54) is 4.90 Å². The molecule has 1 heterocycles. The molecule has 310 valence electrons. The van der Waals surface area contributed by atoms with Crippen LogP contribution in [-0.2, 0) is 49.5 Å². The molecule has 13 nitrogen and oxygen atoms in total. The molecule has 5 atom stereocenters. The first-order valence-corrected chi connectivity index (χ1v) is 20.6. The van der Waals surface area contributed by atoms with E-state index in [9.17, 15) is 43.5 Å². The minimum atomic E-state index is -1.20. The Morgan fingerprint density at radius 3 is 2.28 bits per heavy atom. The van der Waals surface area contributed by atoms with Crippen LogP contribution in [0.2, 0.25) is 0 Å². The number of primary amides is 1. The standard InChI is InChI=1S/C44H59N3O10/c1-3-5-16-36(43(45)55)46-40(51)20-19-38(49)42(54)32(11-4-2)23-39(50)37-25-34(57-27-41(52)53)26-47(37)44(56)35(30-13-7-6-8-14-30)24-33(48)22-28-17-18-29-12-9-10-15-31(29)21-28/h9-10,12,15,17-18,21,30,32,34-37H,3-8,11,13-14,16,19-20,22-27H2,1-2H3,(H2,45,55)(H,46,51)(H,52,53)/t32?,34-,35?,36?,37+/m1/s1. The molecule has 4 N–H and O–H groups in total. The van der Waals surface area contributed by atoms with E-state index in [-0.39, 0.29) is 62.7 Å². The lowest BCUT2D eigenvalue weighted by atomic mass is 9.76. The Balaban J connectivity index is 1.49. The number of nitrogens with zero attached hydrogens (tertiary/aromatic N) is 1. The van der Waals surface area contributed by atoms with Crippen molar-refractivity contribution in [1.29, 1.82) is 0 Å². The summed E-state index contributed by atoms with van der Waals surface area (Å²) in [7, 11) is 0. The molecule has 2 aromatic rings. The first kappa shape index (κ1) is 44.9. The fraction of sp³-hybridized carbons (Fsp3) is 0.591. The second-order valence-corrected chi connectivity index (χ2v) is 15.8. The van der Waals surface area contributed by atoms with Crippen LogP contribution >= 0.6 is 0 Å². The number of hydrogen-bond acceptors (Lipinski definition) is 9. The number of carbonyl (C=O) groups is 8. The number of Topliss-reactive ketones (excluding diaryl/α,β-unsaturated/α-hetero) is 4. The summed E-state index contributed by atoms with van der Waals surface area (Å²) in [6, 6.07) is 11.8. The number of carboxylic acid groups (broad SMARTS) is 1. The van der Waals surface area contributed by atoms with E-state index in [0.717, 1.165) is 54.9 Å². The fourth-order valence-corrected chi connectivity index (χ4v) is 8.35. The van der Waals surface area contributed by atoms with Gasteiger partial charge in [0.05, 0.1) is 12.1 Å². The lowest BCUT2D eigenvalue weighted by Gasteiger charge is -2.34. The highest BCUT2D eigenvalue weighted by Crippen LogP contribution is 2.36. The molecule has 3 unspecified atom stereocenters. The van der Waals surface area contributed by atoms with Gasteiger partial charge in [0.2, 0.25) is 23.5 Å². The van der Waals surface area contributed by atoms with Crippen LogP contribution in [0.3, 0.4) is 0 Å². The number of fused-ring (bicyclic) bond motifs is 1. The van der Waals surface area contributed by atoms with E-state index in [1.807, 2.05) is 56.3 Å². The quantitative estimate of drug-likeness (QED) is 0.121. The molecule has 0 aromatic heterocycles. The molecule has 2 fully saturated rings. The lowest BCUT2D eigenvalue weighted by molar-refractivity contribution is -0.146. The molecule has 1 saturated heterocycles. The van der Waals surface area contributed by atoms with Gasteiger partial charge in [-0.1, -0.05) is 94.8 Å². The largest absolute Gasteiger partial charge is 0.480 e. The predicted octanol–water partition coefficient (Wildman–Crippen LogP) is 5.06. The van der Waals surface area contributed by atoms with Gasteiger partial charge in [-0.15, -0.1) is 0 Å². The summed E-state index contributed by atoms with van der Waals surface area (Å²) in [5, 5.41) is 13.9. The van der Waals surface area contributed by atoms with Gasteiger partial charge >= 0.3 is 5.97 Å². The maximum atomic E-state index is 14.6. The van der Waals surface area contributed by atoms with Crippen LogP contribution in [0.15, 0.2) is 42.5 Å². The number of nitrogens with one attached hydrogen (secondary N) is 1. The number of ether oxygens (including phenoxy) is 1. The van der Waals surface area contributed by atoms with Crippen LogP contribution in [0.5, 0.6) is 0 Å². The van der Waals surface area contributed by atoms with E-state index in [2.05, 4.69) is 5.32 Å². The Morgan fingerprint density at radius 2 is 1.61 bits per heavy atom. The second kappa shape index (κ2) is 22.2. The molecule has 1 aliphatic carbocycles. The van der Waals surface area contributed by atoms with Gasteiger partial charge in [0.1, 0.15) is 18.4 Å². The van der Waals surface area contributed by atoms with Crippen molar-refractivity contribution in [2.24, 2.45) is 23.5 Å². The van der Waals surface area contributed by atoms with Gasteiger partial charge in [-0.2, -0.15) is 0 Å². The first-order valence-electron chi connectivity index (χ1n) is 20.6. The van der Waals surface area contributed by atoms with Gasteiger partial charge in [0.25, 0.3) is 0 Å². The number of aliphatic carboxylic acids is 1. The monoisotopic (exact) mass is 789 g/mol. The van der Waals surface area contributed by atoms with E-state index < -0.39 is 78.2 Å². The second-order valence-electron chi connectivity index (χ2n) is 15.8. The lowest BCUT2D eigenvalue weighted by Crippen LogP contribution is -2.47. The third kappa shape index (κ3) is 13.4. The predicted molar refractivity (Wildman–Crippen MR) is 213 cm³/mol. The molecule has 4 rings (SSSR count). The Bertz CT molecular complexity index is 1770. The summed E-state index contributed by atoms with van der Waals surface area (Å²) in [5.41, 5.74) is 6.25. The average molecular weight is 790 g/mol. The van der Waals surface area contributed by atoms with Crippen LogP contribution < -0.4 is 11.1 Å². The van der Waals surface area contributed by atoms with E-state index in [1.54, 1.807) is 0 Å². The highest BCUT2D eigenvalue weighted by molar-refractivity contribution is 6.38. The molecular formula is C44H59N3O10. The summed E-state index contributed by atoms with van der Waals surface area (Å²) in [5.74, 6) is -6.74. The van der Waals surface area contributed by atoms with Crippen molar-refractivity contribution in [2.75, 3.05) is 13.2 Å². The maximum absolute atomic E-state index is 14.6. The van der Waals surface area contributed by atoms with Crippen LogP contribution in [0.1, 0.15) is 116 Å². The van der Waals surface area contributed by atoms with Crippen LogP contribution in [0, 0.1) is 17.8 Å². The van der Waals surface area contributed by atoms with Gasteiger partial charge in [-0.05, 0) is 47.9 Å². The van der Waals surface area contributed by atoms with Crippen molar-refractivity contribution >= 4 is 57.6 Å². The third-order valence-electron chi connectivity index (χ3n) is 11.4. The highest BCUT2D eigenvalue weighted by Gasteiger charge is 2.45. The summed E-state index contributed by atoms with van der Waals surface area (Å²) >= 11 is 0. The van der Waals surface area contributed by atoms with Crippen molar-refractivity contribution in [3.8, 4) is 0 Å². The molecule has 57 heavy (non-hydrogen) atoms. The highest BCUT2D eigenvalue weighted by atomic mass is 16.5. The van der Waals surface area contributed by atoms with Gasteiger partial charge in [0.15, 0.2) is 11.6 Å². The first-order chi connectivity index (χ1) is 27.3. The van der Waals surface area contributed by atoms with Gasteiger partial charge < -0.3 is 25.8 Å². The molecule has 2 aliphatic rings. The molecule has 1 aliphatic heterocycles. The zero-order valence-electron chi connectivity index (χ0n) is 33.4. The number of hydrogen-bond donors (Lipinski definition) is 3. The number of rotatable bonds is 24. The number of benzene rings is 2. The fourth-order valence-electron chi connectivity index (χ4n) is 8.35. The molecule has 1 saturated carbocycles. The molecule has 0 radical (unpaired) electrons. The number of unbranched alkanes of at least 4 members (excludes halogenated alkanes) is 1. The van der Waals surface area contributed by atoms with Gasteiger partial charge in [-0.3, -0.25) is 33.6 Å². The van der Waals surface area contributed by atoms with E-state index >= 15 is 0 Å². The number of carboxylic acids is 1. The Hall–Kier alpha value is -4.78. The van der Waals surface area contributed by atoms with Gasteiger partial charge in [0, 0.05) is 56.9 Å². The normalized spacial score (nSPS) is 18.7. The summed E-state index contributed by atoms with van der Waals surface area (Å²) in [4.78, 5) is 106. The van der Waals surface area contributed by atoms with E-state index in [0.29, 0.717) is 19.3 Å². The van der Waals surface area contributed by atoms with Crippen molar-refractivity contribution in [3.63, 3.8) is 0 Å². The van der Waals surface area contributed by atoms with Crippen molar-refractivity contribution in [2.45, 2.75) is 135 Å². The van der Waals surface area contributed by atoms with E-state index in [4.69, 9.17) is 10.5 Å². The van der Waals surface area contributed by atoms with Crippen molar-refractivity contribution in [1.82, 2.24) is 10.2 Å². The van der Waals surface area contributed by atoms with Gasteiger partial charge in [-0.25, -0.2) is 4.79 Å².